The normalized spacial score (nSPS) is 32.1. The Balaban J connectivity index is 2.50. The van der Waals surface area contributed by atoms with Crippen LogP contribution in [-0.2, 0) is 0 Å². The summed E-state index contributed by atoms with van der Waals surface area (Å²) in [6.45, 7) is 5.89. The van der Waals surface area contributed by atoms with Crippen molar-refractivity contribution in [1.82, 2.24) is 10.2 Å². The zero-order valence-corrected chi connectivity index (χ0v) is 8.89. The molecule has 3 heteroatoms. The van der Waals surface area contributed by atoms with Gasteiger partial charge in [-0.3, -0.25) is 4.90 Å². The van der Waals surface area contributed by atoms with Gasteiger partial charge in [-0.1, -0.05) is 0 Å². The molecule has 2 nitrogen and oxygen atoms in total. The Kier molecular flexibility index (Phi) is 4.13. The van der Waals surface area contributed by atoms with E-state index in [0.717, 1.165) is 19.4 Å². The molecule has 1 N–H and O–H groups in total. The maximum Gasteiger partial charge on any atom is 0.128 e. The number of rotatable bonds is 2. The quantitative estimate of drug-likeness (QED) is 0.705. The van der Waals surface area contributed by atoms with Crippen molar-refractivity contribution >= 4 is 0 Å². The molecule has 1 aliphatic heterocycles. The van der Waals surface area contributed by atoms with Gasteiger partial charge >= 0.3 is 0 Å². The van der Waals surface area contributed by atoms with E-state index < -0.39 is 6.17 Å². The number of alkyl halides is 1. The van der Waals surface area contributed by atoms with Crippen LogP contribution in [-0.4, -0.2) is 43.3 Å². The predicted molar refractivity (Wildman–Crippen MR) is 53.7 cm³/mol. The monoisotopic (exact) mass is 188 g/mol. The molecule has 13 heavy (non-hydrogen) atoms. The van der Waals surface area contributed by atoms with Crippen molar-refractivity contribution in [3.8, 4) is 0 Å². The predicted octanol–water partition coefficient (Wildman–Crippen LogP) is 1.42. The molecular weight excluding hydrogens is 167 g/mol. The Bertz CT molecular complexity index is 150. The molecule has 0 aliphatic carbocycles. The average molecular weight is 188 g/mol. The van der Waals surface area contributed by atoms with Crippen LogP contribution < -0.4 is 5.32 Å². The lowest BCUT2D eigenvalue weighted by atomic mass is 10.1. The molecule has 78 valence electrons. The summed E-state index contributed by atoms with van der Waals surface area (Å²) >= 11 is 0. The third-order valence-corrected chi connectivity index (χ3v) is 2.91. The van der Waals surface area contributed by atoms with Crippen LogP contribution in [0.3, 0.4) is 0 Å². The van der Waals surface area contributed by atoms with Crippen molar-refractivity contribution in [1.29, 1.82) is 0 Å². The summed E-state index contributed by atoms with van der Waals surface area (Å²) < 4.78 is 13.6. The lowest BCUT2D eigenvalue weighted by molar-refractivity contribution is 0.159. The van der Waals surface area contributed by atoms with Gasteiger partial charge in [0.05, 0.1) is 0 Å². The van der Waals surface area contributed by atoms with E-state index in [4.69, 9.17) is 0 Å². The van der Waals surface area contributed by atoms with E-state index in [0.29, 0.717) is 12.6 Å². The molecule has 2 atom stereocenters. The zero-order valence-electron chi connectivity index (χ0n) is 8.89. The van der Waals surface area contributed by atoms with Gasteiger partial charge in [-0.05, 0) is 40.3 Å². The van der Waals surface area contributed by atoms with Gasteiger partial charge in [0, 0.05) is 18.6 Å². The highest BCUT2D eigenvalue weighted by molar-refractivity contribution is 4.83. The Morgan fingerprint density at radius 3 is 2.69 bits per heavy atom. The third kappa shape index (κ3) is 2.92. The Morgan fingerprint density at radius 1 is 1.46 bits per heavy atom. The first-order valence-corrected chi connectivity index (χ1v) is 5.20. The fourth-order valence-electron chi connectivity index (χ4n) is 1.93. The molecule has 0 aromatic rings. The standard InChI is InChI=1S/C10H21FN2/c1-8(2)13-6-4-5-10(12-3)9(11)7-13/h8-10,12H,4-7H2,1-3H3. The second-order valence-corrected chi connectivity index (χ2v) is 4.14. The SMILES string of the molecule is CNC1CCCN(C(C)C)CC1F. The van der Waals surface area contributed by atoms with Crippen LogP contribution in [0.5, 0.6) is 0 Å². The number of hydrogen-bond acceptors (Lipinski definition) is 2. The first-order chi connectivity index (χ1) is 6.15. The van der Waals surface area contributed by atoms with Gasteiger partial charge in [-0.25, -0.2) is 4.39 Å². The lowest BCUT2D eigenvalue weighted by Gasteiger charge is -2.26. The highest BCUT2D eigenvalue weighted by atomic mass is 19.1. The van der Waals surface area contributed by atoms with Gasteiger partial charge in [0.2, 0.25) is 0 Å². The minimum Gasteiger partial charge on any atom is -0.314 e. The molecule has 1 aliphatic rings. The molecule has 1 fully saturated rings. The molecule has 2 unspecified atom stereocenters. The van der Waals surface area contributed by atoms with Gasteiger partial charge in [-0.2, -0.15) is 0 Å². The fraction of sp³-hybridized carbons (Fsp3) is 1.00. The highest BCUT2D eigenvalue weighted by Gasteiger charge is 2.26. The van der Waals surface area contributed by atoms with Crippen LogP contribution in [0.2, 0.25) is 0 Å². The Hall–Kier alpha value is -0.150. The van der Waals surface area contributed by atoms with Gasteiger partial charge in [-0.15, -0.1) is 0 Å². The summed E-state index contributed by atoms with van der Waals surface area (Å²) in [7, 11) is 1.85. The van der Waals surface area contributed by atoms with Gasteiger partial charge in [0.15, 0.2) is 0 Å². The van der Waals surface area contributed by atoms with Crippen molar-refractivity contribution in [2.75, 3.05) is 20.1 Å². The average Bonchev–Trinajstić information content (AvgIpc) is 2.26. The topological polar surface area (TPSA) is 15.3 Å². The number of hydrogen-bond donors (Lipinski definition) is 1. The second-order valence-electron chi connectivity index (χ2n) is 4.14. The molecule has 0 saturated carbocycles. The molecule has 1 heterocycles. The van der Waals surface area contributed by atoms with E-state index in [1.807, 2.05) is 7.05 Å². The van der Waals surface area contributed by atoms with Crippen LogP contribution in [0.15, 0.2) is 0 Å². The minimum absolute atomic E-state index is 0.0590. The highest BCUT2D eigenvalue weighted by Crippen LogP contribution is 2.15. The van der Waals surface area contributed by atoms with Crippen LogP contribution in [0.1, 0.15) is 26.7 Å². The molecule has 0 spiro atoms. The molecule has 0 bridgehead atoms. The Morgan fingerprint density at radius 2 is 2.15 bits per heavy atom. The van der Waals surface area contributed by atoms with Gasteiger partial charge < -0.3 is 5.32 Å². The lowest BCUT2D eigenvalue weighted by Crippen LogP contribution is -2.41. The zero-order chi connectivity index (χ0) is 9.84. The van der Waals surface area contributed by atoms with E-state index in [1.165, 1.54) is 0 Å². The van der Waals surface area contributed by atoms with E-state index in [1.54, 1.807) is 0 Å². The van der Waals surface area contributed by atoms with Gasteiger partial charge in [0.25, 0.3) is 0 Å². The molecule has 0 amide bonds. The van der Waals surface area contributed by atoms with Crippen LogP contribution in [0.4, 0.5) is 4.39 Å². The minimum atomic E-state index is -0.713. The fourth-order valence-corrected chi connectivity index (χ4v) is 1.93. The second kappa shape index (κ2) is 4.91. The molecule has 0 aromatic carbocycles. The van der Waals surface area contributed by atoms with Crippen LogP contribution >= 0.6 is 0 Å². The number of nitrogens with one attached hydrogen (secondary N) is 1. The van der Waals surface area contributed by atoms with Gasteiger partial charge in [0.1, 0.15) is 6.17 Å². The molecule has 1 saturated heterocycles. The van der Waals surface area contributed by atoms with Crippen molar-refractivity contribution in [3.05, 3.63) is 0 Å². The van der Waals surface area contributed by atoms with Crippen LogP contribution in [0, 0.1) is 0 Å². The molecule has 0 aromatic heterocycles. The van der Waals surface area contributed by atoms with Crippen molar-refractivity contribution in [2.24, 2.45) is 0 Å². The van der Waals surface area contributed by atoms with Crippen LogP contribution in [0.25, 0.3) is 0 Å². The number of halogens is 1. The first kappa shape index (κ1) is 10.9. The maximum atomic E-state index is 13.6. The van der Waals surface area contributed by atoms with Crippen molar-refractivity contribution in [3.63, 3.8) is 0 Å². The van der Waals surface area contributed by atoms with E-state index in [9.17, 15) is 4.39 Å². The largest absolute Gasteiger partial charge is 0.314 e. The smallest absolute Gasteiger partial charge is 0.128 e. The first-order valence-electron chi connectivity index (χ1n) is 5.20. The molecule has 1 rings (SSSR count). The van der Waals surface area contributed by atoms with Crippen molar-refractivity contribution in [2.45, 2.75) is 44.9 Å². The summed E-state index contributed by atoms with van der Waals surface area (Å²) in [5, 5.41) is 3.05. The Labute approximate surface area is 80.5 Å². The summed E-state index contributed by atoms with van der Waals surface area (Å²) in [5.41, 5.74) is 0. The third-order valence-electron chi connectivity index (χ3n) is 2.91. The van der Waals surface area contributed by atoms with E-state index in [2.05, 4.69) is 24.1 Å². The number of nitrogens with zero attached hydrogens (tertiary/aromatic N) is 1. The molecular formula is C10H21FN2. The van der Waals surface area contributed by atoms with E-state index >= 15 is 0 Å². The summed E-state index contributed by atoms with van der Waals surface area (Å²) in [6, 6.07) is 0.526. The maximum absolute atomic E-state index is 13.6. The van der Waals surface area contributed by atoms with Crippen molar-refractivity contribution < 1.29 is 4.39 Å². The summed E-state index contributed by atoms with van der Waals surface area (Å²) in [5.74, 6) is 0. The summed E-state index contributed by atoms with van der Waals surface area (Å²) in [6.07, 6.45) is 1.35. The van der Waals surface area contributed by atoms with E-state index in [-0.39, 0.29) is 6.04 Å². The summed E-state index contributed by atoms with van der Waals surface area (Å²) in [4.78, 5) is 2.22. The number of likely N-dealkylation sites (tertiary alicyclic amines) is 1. The molecule has 0 radical (unpaired) electrons.